The van der Waals surface area contributed by atoms with Crippen LogP contribution in [0, 0.1) is 5.92 Å². The molecule has 2 fully saturated rings. The van der Waals surface area contributed by atoms with Gasteiger partial charge in [-0.3, -0.25) is 4.79 Å². The molecule has 23 heavy (non-hydrogen) atoms. The van der Waals surface area contributed by atoms with Crippen LogP contribution in [0.2, 0.25) is 0 Å². The molecule has 1 saturated heterocycles. The molecule has 3 rings (SSSR count). The summed E-state index contributed by atoms with van der Waals surface area (Å²) >= 11 is 0. The number of carbonyl (C=O) groups excluding carboxylic acids is 1. The van der Waals surface area contributed by atoms with Gasteiger partial charge in [0.25, 0.3) is 5.91 Å². The van der Waals surface area contributed by atoms with Gasteiger partial charge in [0, 0.05) is 18.6 Å². The van der Waals surface area contributed by atoms with Crippen molar-refractivity contribution in [3.63, 3.8) is 0 Å². The third-order valence-electron chi connectivity index (χ3n) is 5.47. The standard InChI is InChI=1S/C19H28N2O2/c1-20(2)19(14-16-8-9-16)10-12-21(13-11-19)18(22)15-23-17-6-4-3-5-7-17/h3-7,16H,8-15H2,1-2H3. The lowest BCUT2D eigenvalue weighted by Gasteiger charge is -2.46. The average molecular weight is 316 g/mol. The largest absolute Gasteiger partial charge is 0.484 e. The van der Waals surface area contributed by atoms with Crippen LogP contribution >= 0.6 is 0 Å². The van der Waals surface area contributed by atoms with E-state index in [1.165, 1.54) is 19.3 Å². The molecule has 0 aromatic heterocycles. The van der Waals surface area contributed by atoms with E-state index in [1.807, 2.05) is 35.2 Å². The van der Waals surface area contributed by atoms with E-state index >= 15 is 0 Å². The minimum absolute atomic E-state index is 0.104. The maximum atomic E-state index is 12.4. The number of piperidine rings is 1. The lowest BCUT2D eigenvalue weighted by molar-refractivity contribution is -0.136. The summed E-state index contributed by atoms with van der Waals surface area (Å²) in [4.78, 5) is 16.7. The van der Waals surface area contributed by atoms with E-state index in [1.54, 1.807) is 0 Å². The molecule has 0 spiro atoms. The zero-order valence-electron chi connectivity index (χ0n) is 14.3. The van der Waals surface area contributed by atoms with Crippen LogP contribution in [0.15, 0.2) is 30.3 Å². The number of carbonyl (C=O) groups is 1. The van der Waals surface area contributed by atoms with Crippen molar-refractivity contribution in [1.82, 2.24) is 9.80 Å². The van der Waals surface area contributed by atoms with E-state index < -0.39 is 0 Å². The minimum atomic E-state index is 0.104. The highest BCUT2D eigenvalue weighted by atomic mass is 16.5. The molecule has 4 heteroatoms. The molecule has 0 bridgehead atoms. The second-order valence-corrected chi connectivity index (χ2v) is 7.25. The topological polar surface area (TPSA) is 32.8 Å². The lowest BCUT2D eigenvalue weighted by atomic mass is 9.81. The van der Waals surface area contributed by atoms with Crippen LogP contribution < -0.4 is 4.74 Å². The van der Waals surface area contributed by atoms with E-state index in [4.69, 9.17) is 4.74 Å². The Morgan fingerprint density at radius 2 is 1.87 bits per heavy atom. The van der Waals surface area contributed by atoms with Crippen LogP contribution in [-0.2, 0) is 4.79 Å². The maximum absolute atomic E-state index is 12.4. The van der Waals surface area contributed by atoms with E-state index in [0.29, 0.717) is 0 Å². The van der Waals surface area contributed by atoms with Crippen LogP contribution in [0.1, 0.15) is 32.1 Å². The van der Waals surface area contributed by atoms with E-state index in [9.17, 15) is 4.79 Å². The first-order valence-corrected chi connectivity index (χ1v) is 8.72. The molecule has 0 atom stereocenters. The Morgan fingerprint density at radius 1 is 1.22 bits per heavy atom. The molecule has 1 heterocycles. The van der Waals surface area contributed by atoms with Gasteiger partial charge in [-0.1, -0.05) is 31.0 Å². The van der Waals surface area contributed by atoms with Crippen LogP contribution in [-0.4, -0.2) is 55.0 Å². The zero-order valence-corrected chi connectivity index (χ0v) is 14.3. The number of ether oxygens (including phenoxy) is 1. The summed E-state index contributed by atoms with van der Waals surface area (Å²) in [5.74, 6) is 1.78. The Balaban J connectivity index is 1.50. The molecule has 0 N–H and O–H groups in total. The monoisotopic (exact) mass is 316 g/mol. The first-order valence-electron chi connectivity index (χ1n) is 8.72. The van der Waals surface area contributed by atoms with Gasteiger partial charge in [0.05, 0.1) is 0 Å². The number of likely N-dealkylation sites (tertiary alicyclic amines) is 1. The van der Waals surface area contributed by atoms with E-state index in [-0.39, 0.29) is 18.1 Å². The fourth-order valence-electron chi connectivity index (χ4n) is 3.62. The second-order valence-electron chi connectivity index (χ2n) is 7.25. The molecule has 1 aliphatic heterocycles. The third-order valence-corrected chi connectivity index (χ3v) is 5.47. The summed E-state index contributed by atoms with van der Waals surface area (Å²) in [6, 6.07) is 9.56. The number of para-hydroxylation sites is 1. The average Bonchev–Trinajstić information content (AvgIpc) is 3.38. The smallest absolute Gasteiger partial charge is 0.260 e. The SMILES string of the molecule is CN(C)C1(CC2CC2)CCN(C(=O)COc2ccccc2)CC1. The second kappa shape index (κ2) is 6.91. The molecule has 1 saturated carbocycles. The van der Waals surface area contributed by atoms with Crippen molar-refractivity contribution in [3.05, 3.63) is 30.3 Å². The van der Waals surface area contributed by atoms with Gasteiger partial charge in [0.15, 0.2) is 6.61 Å². The number of rotatable bonds is 6. The van der Waals surface area contributed by atoms with Gasteiger partial charge >= 0.3 is 0 Å². The van der Waals surface area contributed by atoms with Gasteiger partial charge in [0.1, 0.15) is 5.75 Å². The number of hydrogen-bond acceptors (Lipinski definition) is 3. The van der Waals surface area contributed by atoms with Crippen LogP contribution in [0.4, 0.5) is 0 Å². The fraction of sp³-hybridized carbons (Fsp3) is 0.632. The summed E-state index contributed by atoms with van der Waals surface area (Å²) in [6.07, 6.45) is 6.23. The van der Waals surface area contributed by atoms with Crippen molar-refractivity contribution in [3.8, 4) is 5.75 Å². The summed E-state index contributed by atoms with van der Waals surface area (Å²) < 4.78 is 5.59. The summed E-state index contributed by atoms with van der Waals surface area (Å²) in [7, 11) is 4.39. The first kappa shape index (κ1) is 16.3. The van der Waals surface area contributed by atoms with Gasteiger partial charge in [-0.15, -0.1) is 0 Å². The molecular formula is C19H28N2O2. The molecule has 1 amide bonds. The van der Waals surface area contributed by atoms with Crippen molar-refractivity contribution >= 4 is 5.91 Å². The highest BCUT2D eigenvalue weighted by Gasteiger charge is 2.41. The quantitative estimate of drug-likeness (QED) is 0.809. The first-order chi connectivity index (χ1) is 11.1. The summed E-state index contributed by atoms with van der Waals surface area (Å²) in [6.45, 7) is 1.84. The molecule has 0 unspecified atom stereocenters. The Bertz CT molecular complexity index is 517. The molecule has 0 radical (unpaired) electrons. The highest BCUT2D eigenvalue weighted by molar-refractivity contribution is 5.77. The predicted octanol–water partition coefficient (Wildman–Crippen LogP) is 2.79. The molecule has 1 aromatic carbocycles. The zero-order chi connectivity index (χ0) is 16.3. The van der Waals surface area contributed by atoms with Crippen molar-refractivity contribution in [2.75, 3.05) is 33.8 Å². The van der Waals surface area contributed by atoms with Gasteiger partial charge in [0.2, 0.25) is 0 Å². The third kappa shape index (κ3) is 4.05. The maximum Gasteiger partial charge on any atom is 0.260 e. The van der Waals surface area contributed by atoms with Crippen molar-refractivity contribution in [2.24, 2.45) is 5.92 Å². The molecule has 2 aliphatic rings. The van der Waals surface area contributed by atoms with Crippen molar-refractivity contribution in [2.45, 2.75) is 37.6 Å². The Labute approximate surface area is 139 Å². The highest BCUT2D eigenvalue weighted by Crippen LogP contribution is 2.42. The molecule has 1 aliphatic carbocycles. The van der Waals surface area contributed by atoms with Crippen LogP contribution in [0.25, 0.3) is 0 Å². The molecular weight excluding hydrogens is 288 g/mol. The van der Waals surface area contributed by atoms with E-state index in [2.05, 4.69) is 19.0 Å². The van der Waals surface area contributed by atoms with Crippen LogP contribution in [0.5, 0.6) is 5.75 Å². The Kier molecular flexibility index (Phi) is 4.90. The van der Waals surface area contributed by atoms with Gasteiger partial charge in [-0.05, 0) is 51.4 Å². The van der Waals surface area contributed by atoms with Gasteiger partial charge < -0.3 is 14.5 Å². The molecule has 4 nitrogen and oxygen atoms in total. The number of benzene rings is 1. The number of amides is 1. The van der Waals surface area contributed by atoms with Crippen LogP contribution in [0.3, 0.4) is 0 Å². The summed E-state index contributed by atoms with van der Waals surface area (Å²) in [5.41, 5.74) is 0.290. The normalized spacial score (nSPS) is 20.6. The lowest BCUT2D eigenvalue weighted by Crippen LogP contribution is -2.54. The summed E-state index contributed by atoms with van der Waals surface area (Å²) in [5, 5.41) is 0. The number of hydrogen-bond donors (Lipinski definition) is 0. The molecule has 126 valence electrons. The van der Waals surface area contributed by atoms with Crippen molar-refractivity contribution < 1.29 is 9.53 Å². The van der Waals surface area contributed by atoms with E-state index in [0.717, 1.165) is 37.6 Å². The van der Waals surface area contributed by atoms with Gasteiger partial charge in [-0.2, -0.15) is 0 Å². The number of nitrogens with zero attached hydrogens (tertiary/aromatic N) is 2. The Morgan fingerprint density at radius 3 is 2.43 bits per heavy atom. The fourth-order valence-corrected chi connectivity index (χ4v) is 3.62. The molecule has 1 aromatic rings. The Hall–Kier alpha value is -1.55. The van der Waals surface area contributed by atoms with Gasteiger partial charge in [-0.25, -0.2) is 0 Å². The predicted molar refractivity (Wildman–Crippen MR) is 91.5 cm³/mol. The van der Waals surface area contributed by atoms with Crippen molar-refractivity contribution in [1.29, 1.82) is 0 Å². The minimum Gasteiger partial charge on any atom is -0.484 e.